The van der Waals surface area contributed by atoms with Crippen molar-refractivity contribution >= 4 is 5.84 Å². The van der Waals surface area contributed by atoms with Crippen molar-refractivity contribution in [1.82, 2.24) is 0 Å². The van der Waals surface area contributed by atoms with Crippen LogP contribution in [-0.2, 0) is 4.74 Å². The summed E-state index contributed by atoms with van der Waals surface area (Å²) in [5, 5.41) is 11.6. The zero-order valence-electron chi connectivity index (χ0n) is 11.0. The van der Waals surface area contributed by atoms with E-state index in [1.807, 2.05) is 26.8 Å². The average molecular weight is 252 g/mol. The van der Waals surface area contributed by atoms with Gasteiger partial charge < -0.3 is 20.4 Å². The lowest BCUT2D eigenvalue weighted by Gasteiger charge is -2.11. The van der Waals surface area contributed by atoms with Gasteiger partial charge in [-0.1, -0.05) is 5.16 Å². The molecule has 0 aliphatic rings. The number of hydrogen-bond acceptors (Lipinski definition) is 4. The Morgan fingerprint density at radius 3 is 2.67 bits per heavy atom. The summed E-state index contributed by atoms with van der Waals surface area (Å²) in [6, 6.07) is 5.40. The van der Waals surface area contributed by atoms with Gasteiger partial charge in [0.15, 0.2) is 5.84 Å². The molecule has 3 N–H and O–H groups in total. The average Bonchev–Trinajstić information content (AvgIpc) is 2.33. The maximum Gasteiger partial charge on any atom is 0.170 e. The Hall–Kier alpha value is -1.75. The van der Waals surface area contributed by atoms with E-state index in [-0.39, 0.29) is 11.9 Å². The van der Waals surface area contributed by atoms with Gasteiger partial charge in [0.1, 0.15) is 12.4 Å². The second kappa shape index (κ2) is 6.86. The third-order valence-corrected chi connectivity index (χ3v) is 2.38. The van der Waals surface area contributed by atoms with Crippen molar-refractivity contribution in [3.63, 3.8) is 0 Å². The molecule has 0 unspecified atom stereocenters. The minimum Gasteiger partial charge on any atom is -0.491 e. The molecule has 0 aliphatic heterocycles. The topological polar surface area (TPSA) is 77.1 Å². The summed E-state index contributed by atoms with van der Waals surface area (Å²) >= 11 is 0. The van der Waals surface area contributed by atoms with Crippen molar-refractivity contribution in [3.05, 3.63) is 29.3 Å². The third kappa shape index (κ3) is 4.25. The van der Waals surface area contributed by atoms with Crippen LogP contribution in [0.5, 0.6) is 5.75 Å². The van der Waals surface area contributed by atoms with E-state index in [0.717, 1.165) is 11.3 Å². The number of nitrogens with zero attached hydrogens (tertiary/aromatic N) is 1. The molecule has 0 bridgehead atoms. The molecule has 0 amide bonds. The molecule has 0 saturated carbocycles. The fourth-order valence-electron chi connectivity index (χ4n) is 1.51. The van der Waals surface area contributed by atoms with Crippen molar-refractivity contribution < 1.29 is 14.7 Å². The number of amidine groups is 1. The Balaban J connectivity index is 2.57. The zero-order chi connectivity index (χ0) is 13.5. The summed E-state index contributed by atoms with van der Waals surface area (Å²) in [6.07, 6.45) is 0.207. The molecule has 1 aromatic rings. The van der Waals surface area contributed by atoms with Crippen molar-refractivity contribution in [2.45, 2.75) is 26.9 Å². The van der Waals surface area contributed by atoms with Crippen LogP contribution in [0.1, 0.15) is 25.0 Å². The fourth-order valence-corrected chi connectivity index (χ4v) is 1.51. The molecule has 1 aromatic carbocycles. The molecule has 0 heterocycles. The Morgan fingerprint density at radius 1 is 1.39 bits per heavy atom. The highest BCUT2D eigenvalue weighted by Crippen LogP contribution is 2.17. The predicted molar refractivity (Wildman–Crippen MR) is 70.3 cm³/mol. The van der Waals surface area contributed by atoms with Crippen LogP contribution in [0.3, 0.4) is 0 Å². The molecule has 0 spiro atoms. The smallest absolute Gasteiger partial charge is 0.170 e. The van der Waals surface area contributed by atoms with Crippen LogP contribution in [-0.4, -0.2) is 30.4 Å². The largest absolute Gasteiger partial charge is 0.491 e. The van der Waals surface area contributed by atoms with Gasteiger partial charge in [-0.15, -0.1) is 0 Å². The van der Waals surface area contributed by atoms with Crippen LogP contribution in [0.4, 0.5) is 0 Å². The molecule has 18 heavy (non-hydrogen) atoms. The minimum atomic E-state index is 0.0993. The van der Waals surface area contributed by atoms with Gasteiger partial charge in [0, 0.05) is 5.56 Å². The summed E-state index contributed by atoms with van der Waals surface area (Å²) in [6.45, 7) is 6.90. The van der Waals surface area contributed by atoms with E-state index in [2.05, 4.69) is 5.16 Å². The lowest BCUT2D eigenvalue weighted by atomic mass is 10.1. The van der Waals surface area contributed by atoms with Gasteiger partial charge in [-0.05, 0) is 44.5 Å². The quantitative estimate of drug-likeness (QED) is 0.266. The lowest BCUT2D eigenvalue weighted by Crippen LogP contribution is -2.15. The van der Waals surface area contributed by atoms with Crippen molar-refractivity contribution in [2.75, 3.05) is 13.2 Å². The van der Waals surface area contributed by atoms with E-state index >= 15 is 0 Å². The summed E-state index contributed by atoms with van der Waals surface area (Å²) in [5.41, 5.74) is 7.13. The summed E-state index contributed by atoms with van der Waals surface area (Å²) in [4.78, 5) is 0. The van der Waals surface area contributed by atoms with Crippen molar-refractivity contribution in [1.29, 1.82) is 0 Å². The molecule has 0 radical (unpaired) electrons. The van der Waals surface area contributed by atoms with Gasteiger partial charge >= 0.3 is 0 Å². The molecule has 0 fully saturated rings. The first-order chi connectivity index (χ1) is 8.54. The number of benzene rings is 1. The van der Waals surface area contributed by atoms with Crippen LogP contribution >= 0.6 is 0 Å². The van der Waals surface area contributed by atoms with Crippen LogP contribution in [0, 0.1) is 6.92 Å². The first-order valence-corrected chi connectivity index (χ1v) is 5.87. The molecule has 5 nitrogen and oxygen atoms in total. The van der Waals surface area contributed by atoms with E-state index in [9.17, 15) is 0 Å². The van der Waals surface area contributed by atoms with Gasteiger partial charge in [0.05, 0.1) is 12.7 Å². The maximum atomic E-state index is 8.62. The number of hydrogen-bond donors (Lipinski definition) is 2. The van der Waals surface area contributed by atoms with Crippen LogP contribution in [0.2, 0.25) is 0 Å². The number of nitrogens with two attached hydrogens (primary N) is 1. The molecule has 1 rings (SSSR count). The molecule has 0 atom stereocenters. The lowest BCUT2D eigenvalue weighted by molar-refractivity contribution is 0.0552. The third-order valence-electron chi connectivity index (χ3n) is 2.38. The van der Waals surface area contributed by atoms with Gasteiger partial charge in [0.25, 0.3) is 0 Å². The minimum absolute atomic E-state index is 0.0993. The summed E-state index contributed by atoms with van der Waals surface area (Å²) < 4.78 is 10.9. The summed E-state index contributed by atoms with van der Waals surface area (Å²) in [5.74, 6) is 0.844. The Bertz CT molecular complexity index is 417. The Labute approximate surface area is 107 Å². The zero-order valence-corrected chi connectivity index (χ0v) is 11.0. The number of ether oxygens (including phenoxy) is 2. The second-order valence-corrected chi connectivity index (χ2v) is 4.23. The monoisotopic (exact) mass is 252 g/mol. The second-order valence-electron chi connectivity index (χ2n) is 4.23. The number of aryl methyl sites for hydroxylation is 1. The predicted octanol–water partition coefficient (Wildman–Crippen LogP) is 1.89. The molecular weight excluding hydrogens is 232 g/mol. The van der Waals surface area contributed by atoms with E-state index in [4.69, 9.17) is 20.4 Å². The molecule has 100 valence electrons. The van der Waals surface area contributed by atoms with Crippen LogP contribution in [0.25, 0.3) is 0 Å². The molecule has 0 aliphatic carbocycles. The standard InChI is InChI=1S/C13H20N2O3/c1-9(2)17-6-7-18-11-4-5-12(10(3)8-11)13(14)15-16/h4-5,8-9,16H,6-7H2,1-3H3,(H2,14,15). The van der Waals surface area contributed by atoms with Gasteiger partial charge in [0.2, 0.25) is 0 Å². The molecule has 0 aromatic heterocycles. The van der Waals surface area contributed by atoms with Gasteiger partial charge in [-0.2, -0.15) is 0 Å². The maximum absolute atomic E-state index is 8.62. The highest BCUT2D eigenvalue weighted by atomic mass is 16.5. The van der Waals surface area contributed by atoms with Crippen LogP contribution < -0.4 is 10.5 Å². The van der Waals surface area contributed by atoms with E-state index < -0.39 is 0 Å². The highest BCUT2D eigenvalue weighted by molar-refractivity contribution is 5.98. The Morgan fingerprint density at radius 2 is 2.11 bits per heavy atom. The molecule has 0 saturated heterocycles. The Kier molecular flexibility index (Phi) is 5.45. The number of rotatable bonds is 6. The van der Waals surface area contributed by atoms with E-state index in [0.29, 0.717) is 18.8 Å². The van der Waals surface area contributed by atoms with Crippen molar-refractivity contribution in [3.8, 4) is 5.75 Å². The first-order valence-electron chi connectivity index (χ1n) is 5.87. The number of oxime groups is 1. The van der Waals surface area contributed by atoms with Gasteiger partial charge in [-0.25, -0.2) is 0 Å². The van der Waals surface area contributed by atoms with E-state index in [1.165, 1.54) is 0 Å². The van der Waals surface area contributed by atoms with E-state index in [1.54, 1.807) is 12.1 Å². The highest BCUT2D eigenvalue weighted by Gasteiger charge is 2.05. The SMILES string of the molecule is Cc1cc(OCCOC(C)C)ccc1/C(N)=N/O. The summed E-state index contributed by atoms with van der Waals surface area (Å²) in [7, 11) is 0. The first kappa shape index (κ1) is 14.3. The molecule has 5 heteroatoms. The van der Waals surface area contributed by atoms with Crippen molar-refractivity contribution in [2.24, 2.45) is 10.9 Å². The van der Waals surface area contributed by atoms with Gasteiger partial charge in [-0.3, -0.25) is 0 Å². The van der Waals surface area contributed by atoms with Crippen LogP contribution in [0.15, 0.2) is 23.4 Å². The molecular formula is C13H20N2O3. The fraction of sp³-hybridized carbons (Fsp3) is 0.462. The normalized spacial score (nSPS) is 11.9.